The van der Waals surface area contributed by atoms with Crippen molar-refractivity contribution in [2.75, 3.05) is 0 Å². The molecule has 8 rings (SSSR count). The Hall–Kier alpha value is -4.54. The predicted octanol–water partition coefficient (Wildman–Crippen LogP) is 6.19. The molecule has 32 heavy (non-hydrogen) atoms. The quantitative estimate of drug-likeness (QED) is 0.223. The van der Waals surface area contributed by atoms with Gasteiger partial charge in [-0.1, -0.05) is 60.7 Å². The molecule has 1 aromatic heterocycles. The number of benzene rings is 4. The summed E-state index contributed by atoms with van der Waals surface area (Å²) in [6, 6.07) is 26.7. The third-order valence-corrected chi connectivity index (χ3v) is 6.86. The van der Waals surface area contributed by atoms with Gasteiger partial charge in [0.05, 0.1) is 52.5 Å². The number of nitrogens with zero attached hydrogens (tertiary/aromatic N) is 4. The van der Waals surface area contributed by atoms with Gasteiger partial charge in [-0.25, -0.2) is 14.8 Å². The van der Waals surface area contributed by atoms with Crippen molar-refractivity contribution in [1.82, 2.24) is 9.97 Å². The topological polar surface area (TPSA) is 53.9 Å². The van der Waals surface area contributed by atoms with Crippen LogP contribution in [-0.4, -0.2) is 9.97 Å². The molecular weight excluding hydrogens is 392 g/mol. The molecule has 0 aliphatic heterocycles. The van der Waals surface area contributed by atoms with Gasteiger partial charge in [0.25, 0.3) is 0 Å². The number of rotatable bonds is 0. The average Bonchev–Trinajstić information content (AvgIpc) is 2.85. The lowest BCUT2D eigenvalue weighted by Gasteiger charge is -2.40. The highest BCUT2D eigenvalue weighted by Gasteiger charge is 2.43. The molecular formula is C28H14N4. The van der Waals surface area contributed by atoms with Gasteiger partial charge in [-0.2, -0.15) is 5.26 Å². The minimum absolute atomic E-state index is 0.0556. The maximum atomic E-state index is 9.60. The number of nitriles is 1. The maximum Gasteiger partial charge on any atom is 0.195 e. The van der Waals surface area contributed by atoms with Gasteiger partial charge in [0.2, 0.25) is 0 Å². The Morgan fingerprint density at radius 3 is 1.69 bits per heavy atom. The molecule has 0 N–H and O–H groups in total. The van der Waals surface area contributed by atoms with E-state index in [0.29, 0.717) is 11.3 Å². The van der Waals surface area contributed by atoms with Crippen LogP contribution in [0.3, 0.4) is 0 Å². The van der Waals surface area contributed by atoms with Gasteiger partial charge in [-0.05, 0) is 45.2 Å². The number of hydrogen-bond donors (Lipinski definition) is 0. The summed E-state index contributed by atoms with van der Waals surface area (Å²) in [5.74, 6) is 0.112. The highest BCUT2D eigenvalue weighted by Crippen LogP contribution is 2.54. The molecule has 0 saturated carbocycles. The van der Waals surface area contributed by atoms with Crippen LogP contribution in [0.25, 0.3) is 26.7 Å². The number of hydrogen-bond acceptors (Lipinski definition) is 3. The van der Waals surface area contributed by atoms with Gasteiger partial charge in [0.1, 0.15) is 0 Å². The van der Waals surface area contributed by atoms with Gasteiger partial charge in [0.15, 0.2) is 5.69 Å². The molecule has 0 spiro atoms. The molecule has 1 heterocycles. The predicted molar refractivity (Wildman–Crippen MR) is 123 cm³/mol. The van der Waals surface area contributed by atoms with E-state index in [-0.39, 0.29) is 11.8 Å². The third kappa shape index (κ3) is 2.04. The van der Waals surface area contributed by atoms with Gasteiger partial charge in [0, 0.05) is 0 Å². The highest BCUT2D eigenvalue weighted by molar-refractivity contribution is 6.04. The Balaban J connectivity index is 1.59. The summed E-state index contributed by atoms with van der Waals surface area (Å²) in [5.41, 5.74) is 9.79. The molecule has 0 atom stereocenters. The van der Waals surface area contributed by atoms with E-state index in [1.807, 2.05) is 12.1 Å². The molecule has 0 fully saturated rings. The van der Waals surface area contributed by atoms with Crippen molar-refractivity contribution in [3.05, 3.63) is 123 Å². The van der Waals surface area contributed by atoms with Crippen molar-refractivity contribution in [3.8, 4) is 6.07 Å². The fourth-order valence-electron chi connectivity index (χ4n) is 5.52. The van der Waals surface area contributed by atoms with E-state index in [1.54, 1.807) is 12.1 Å². The number of fused-ring (bicyclic) bond motifs is 2. The van der Waals surface area contributed by atoms with E-state index in [0.717, 1.165) is 33.2 Å². The monoisotopic (exact) mass is 406 g/mol. The van der Waals surface area contributed by atoms with Crippen LogP contribution in [-0.2, 0) is 0 Å². The molecule has 146 valence electrons. The second-order valence-corrected chi connectivity index (χ2v) is 8.36. The first kappa shape index (κ1) is 17.2. The van der Waals surface area contributed by atoms with Gasteiger partial charge in [-0.3, -0.25) is 0 Å². The average molecular weight is 406 g/mol. The summed E-state index contributed by atoms with van der Waals surface area (Å²) in [4.78, 5) is 13.9. The van der Waals surface area contributed by atoms with Crippen LogP contribution in [0.1, 0.15) is 51.0 Å². The summed E-state index contributed by atoms with van der Waals surface area (Å²) >= 11 is 0. The minimum Gasteiger partial charge on any atom is -0.248 e. The molecule has 0 amide bonds. The molecule has 0 saturated heterocycles. The SMILES string of the molecule is [C-]#[N+]c1ccc(C#N)c2cc3nc4c(nc3cc12)C1c2ccccc2C4c2ccccc21. The first-order valence-electron chi connectivity index (χ1n) is 10.5. The van der Waals surface area contributed by atoms with Crippen molar-refractivity contribution < 1.29 is 0 Å². The fraction of sp³-hybridized carbons (Fsp3) is 0.0714. The molecule has 3 aliphatic carbocycles. The van der Waals surface area contributed by atoms with Crippen molar-refractivity contribution in [2.24, 2.45) is 0 Å². The largest absolute Gasteiger partial charge is 0.248 e. The molecule has 5 aromatic rings. The molecule has 3 aliphatic rings. The van der Waals surface area contributed by atoms with Crippen molar-refractivity contribution >= 4 is 27.5 Å². The van der Waals surface area contributed by atoms with Crippen LogP contribution in [0, 0.1) is 17.9 Å². The van der Waals surface area contributed by atoms with Crippen molar-refractivity contribution in [2.45, 2.75) is 11.8 Å². The van der Waals surface area contributed by atoms with E-state index in [1.165, 1.54) is 22.3 Å². The van der Waals surface area contributed by atoms with E-state index in [4.69, 9.17) is 16.5 Å². The second kappa shape index (κ2) is 6.00. The summed E-state index contributed by atoms with van der Waals surface area (Å²) in [6.07, 6.45) is 0. The summed E-state index contributed by atoms with van der Waals surface area (Å²) in [7, 11) is 0. The van der Waals surface area contributed by atoms with Gasteiger partial charge >= 0.3 is 0 Å². The third-order valence-electron chi connectivity index (χ3n) is 6.86. The lowest BCUT2D eigenvalue weighted by atomic mass is 9.64. The zero-order valence-corrected chi connectivity index (χ0v) is 16.9. The molecule has 4 nitrogen and oxygen atoms in total. The molecule has 4 aromatic carbocycles. The molecule has 4 heteroatoms. The van der Waals surface area contributed by atoms with Gasteiger partial charge in [-0.15, -0.1) is 0 Å². The number of aromatic nitrogens is 2. The van der Waals surface area contributed by atoms with Crippen molar-refractivity contribution in [1.29, 1.82) is 5.26 Å². The first-order chi connectivity index (χ1) is 15.8. The summed E-state index contributed by atoms with van der Waals surface area (Å²) in [5, 5.41) is 11.1. The Morgan fingerprint density at radius 1 is 0.719 bits per heavy atom. The normalized spacial score (nSPS) is 17.3. The zero-order valence-electron chi connectivity index (χ0n) is 16.9. The summed E-state index contributed by atoms with van der Waals surface area (Å²) < 4.78 is 0. The standard InChI is InChI=1S/C28H14N4/c1-30-22-11-10-15(14-29)20-12-23-24(13-21(20)22)32-28-26-18-8-4-2-6-16(18)25(27(28)31-23)17-7-3-5-9-19(17)26/h2-13,25-26H. The highest BCUT2D eigenvalue weighted by atomic mass is 14.9. The maximum absolute atomic E-state index is 9.60. The molecule has 2 bridgehead atoms. The molecule has 0 unspecified atom stereocenters. The van der Waals surface area contributed by atoms with Crippen molar-refractivity contribution in [3.63, 3.8) is 0 Å². The smallest absolute Gasteiger partial charge is 0.195 e. The fourth-order valence-corrected chi connectivity index (χ4v) is 5.52. The molecule has 0 radical (unpaired) electrons. The van der Waals surface area contributed by atoms with Gasteiger partial charge < -0.3 is 0 Å². The van der Waals surface area contributed by atoms with E-state index in [9.17, 15) is 5.26 Å². The van der Waals surface area contributed by atoms with Crippen LogP contribution in [0.5, 0.6) is 0 Å². The van der Waals surface area contributed by atoms with Crippen LogP contribution in [0.2, 0.25) is 0 Å². The Kier molecular flexibility index (Phi) is 3.22. The zero-order chi connectivity index (χ0) is 21.4. The van der Waals surface area contributed by atoms with Crippen LogP contribution in [0.4, 0.5) is 5.69 Å². The second-order valence-electron chi connectivity index (χ2n) is 8.36. The summed E-state index contributed by atoms with van der Waals surface area (Å²) in [6.45, 7) is 7.55. The lowest BCUT2D eigenvalue weighted by Crippen LogP contribution is -2.29. The Bertz CT molecular complexity index is 1550. The Morgan fingerprint density at radius 2 is 1.22 bits per heavy atom. The van der Waals surface area contributed by atoms with E-state index >= 15 is 0 Å². The lowest BCUT2D eigenvalue weighted by molar-refractivity contribution is 0.709. The van der Waals surface area contributed by atoms with Crippen LogP contribution >= 0.6 is 0 Å². The van der Waals surface area contributed by atoms with E-state index in [2.05, 4.69) is 59.4 Å². The first-order valence-corrected chi connectivity index (χ1v) is 10.5. The Labute approximate surface area is 184 Å². The van der Waals surface area contributed by atoms with E-state index < -0.39 is 0 Å². The van der Waals surface area contributed by atoms with Crippen LogP contribution in [0.15, 0.2) is 72.8 Å². The minimum atomic E-state index is 0.0556. The van der Waals surface area contributed by atoms with Crippen LogP contribution < -0.4 is 0 Å².